The summed E-state index contributed by atoms with van der Waals surface area (Å²) in [6.07, 6.45) is 4.87. The zero-order valence-electron chi connectivity index (χ0n) is 21.9. The van der Waals surface area contributed by atoms with Crippen molar-refractivity contribution in [2.45, 2.75) is 86.0 Å². The fraction of sp³-hybridized carbons (Fsp3) is 0.586. The Balaban J connectivity index is 2.46. The van der Waals surface area contributed by atoms with Gasteiger partial charge in [-0.15, -0.1) is 0 Å². The van der Waals surface area contributed by atoms with Crippen LogP contribution in [-0.4, -0.2) is 35.2 Å². The number of aliphatic hydroxyl groups is 1. The Hall–Kier alpha value is -2.40. The summed E-state index contributed by atoms with van der Waals surface area (Å²) < 4.78 is 6.10. The largest absolute Gasteiger partial charge is 0.460 e. The summed E-state index contributed by atoms with van der Waals surface area (Å²) >= 11 is 0. The van der Waals surface area contributed by atoms with Crippen LogP contribution in [0.2, 0.25) is 0 Å². The number of cyclic esters (lactones) is 1. The molecule has 5 heteroatoms. The predicted molar refractivity (Wildman–Crippen MR) is 137 cm³/mol. The van der Waals surface area contributed by atoms with Crippen molar-refractivity contribution >= 4 is 11.9 Å². The molecule has 2 N–H and O–H groups in total. The average molecular weight is 470 g/mol. The van der Waals surface area contributed by atoms with Crippen LogP contribution >= 0.6 is 0 Å². The Labute approximate surface area is 205 Å². The summed E-state index contributed by atoms with van der Waals surface area (Å²) in [6, 6.07) is 8.93. The molecule has 34 heavy (non-hydrogen) atoms. The van der Waals surface area contributed by atoms with Crippen LogP contribution in [0.25, 0.3) is 0 Å². The molecule has 0 spiro atoms. The number of allylic oxidation sites excluding steroid dienone is 1. The Bertz CT molecular complexity index is 875. The topological polar surface area (TPSA) is 75.6 Å². The van der Waals surface area contributed by atoms with Crippen molar-refractivity contribution in [3.8, 4) is 0 Å². The number of carbonyl (C=O) groups excluding carboxylic acids is 2. The van der Waals surface area contributed by atoms with Crippen molar-refractivity contribution < 1.29 is 19.4 Å². The standard InChI is InChI=1S/C29H43NO4/c1-8-19(3)27-22(6)16-21(5)26(31)20(4)14-18(2)15-23(7)28(32)30-25(29(33)34-27)17-24-12-10-9-11-13-24/h9-14,16,19-20,22-23,25-27,31H,8,15,17H2,1-7H3,(H,30,32)/b18-14+,21-16+. The number of ether oxygens (including phenoxy) is 1. The van der Waals surface area contributed by atoms with Gasteiger partial charge in [-0.05, 0) is 37.3 Å². The van der Waals surface area contributed by atoms with Gasteiger partial charge < -0.3 is 15.2 Å². The second-order valence-electron chi connectivity index (χ2n) is 10.2. The van der Waals surface area contributed by atoms with E-state index in [-0.39, 0.29) is 35.7 Å². The van der Waals surface area contributed by atoms with Gasteiger partial charge in [-0.3, -0.25) is 4.79 Å². The van der Waals surface area contributed by atoms with Gasteiger partial charge >= 0.3 is 5.97 Å². The first kappa shape index (κ1) is 27.8. The normalized spacial score (nSPS) is 33.8. The third-order valence-electron chi connectivity index (χ3n) is 6.97. The fourth-order valence-corrected chi connectivity index (χ4v) is 4.75. The molecule has 1 aliphatic heterocycles. The zero-order chi connectivity index (χ0) is 25.4. The minimum absolute atomic E-state index is 0.0806. The van der Waals surface area contributed by atoms with E-state index in [4.69, 9.17) is 4.74 Å². The lowest BCUT2D eigenvalue weighted by Crippen LogP contribution is -2.47. The number of carbonyl (C=O) groups is 2. The summed E-state index contributed by atoms with van der Waals surface area (Å²) in [5.41, 5.74) is 2.88. The van der Waals surface area contributed by atoms with Gasteiger partial charge in [0, 0.05) is 24.2 Å². The summed E-state index contributed by atoms with van der Waals surface area (Å²) in [5.74, 6) is -0.929. The van der Waals surface area contributed by atoms with E-state index in [0.717, 1.165) is 23.1 Å². The van der Waals surface area contributed by atoms with Crippen LogP contribution in [0, 0.1) is 23.7 Å². The molecular formula is C29H43NO4. The number of benzene rings is 1. The predicted octanol–water partition coefficient (Wildman–Crippen LogP) is 5.24. The molecule has 0 aliphatic carbocycles. The van der Waals surface area contributed by atoms with Crippen LogP contribution in [0.15, 0.2) is 53.6 Å². The molecule has 7 atom stereocenters. The molecule has 1 heterocycles. The van der Waals surface area contributed by atoms with Crippen LogP contribution in [0.1, 0.15) is 66.9 Å². The molecule has 1 aromatic rings. The van der Waals surface area contributed by atoms with E-state index in [0.29, 0.717) is 12.8 Å². The molecule has 0 aromatic heterocycles. The summed E-state index contributed by atoms with van der Waals surface area (Å²) in [7, 11) is 0. The van der Waals surface area contributed by atoms with E-state index >= 15 is 0 Å². The van der Waals surface area contributed by atoms with Crippen LogP contribution in [-0.2, 0) is 20.7 Å². The molecule has 7 unspecified atom stereocenters. The molecule has 0 saturated carbocycles. The second-order valence-corrected chi connectivity index (χ2v) is 10.2. The number of hydrogen-bond acceptors (Lipinski definition) is 4. The van der Waals surface area contributed by atoms with Crippen molar-refractivity contribution in [1.82, 2.24) is 5.32 Å². The van der Waals surface area contributed by atoms with Crippen LogP contribution in [0.4, 0.5) is 0 Å². The fourth-order valence-electron chi connectivity index (χ4n) is 4.75. The Kier molecular flexibility index (Phi) is 10.6. The van der Waals surface area contributed by atoms with Gasteiger partial charge in [-0.1, -0.05) is 89.1 Å². The molecule has 1 amide bonds. The first-order valence-corrected chi connectivity index (χ1v) is 12.6. The number of esters is 1. The number of aliphatic hydroxyl groups excluding tert-OH is 1. The molecule has 0 fully saturated rings. The maximum Gasteiger partial charge on any atom is 0.329 e. The highest BCUT2D eigenvalue weighted by Gasteiger charge is 2.32. The van der Waals surface area contributed by atoms with Crippen molar-refractivity contribution in [3.05, 3.63) is 59.2 Å². The maximum absolute atomic E-state index is 13.4. The Morgan fingerprint density at radius 2 is 1.71 bits per heavy atom. The van der Waals surface area contributed by atoms with Crippen molar-refractivity contribution in [3.63, 3.8) is 0 Å². The number of nitrogens with one attached hydrogen (secondary N) is 1. The van der Waals surface area contributed by atoms with Crippen LogP contribution in [0.5, 0.6) is 0 Å². The van der Waals surface area contributed by atoms with Crippen LogP contribution < -0.4 is 5.32 Å². The van der Waals surface area contributed by atoms with Gasteiger partial charge in [0.2, 0.25) is 5.91 Å². The number of hydrogen-bond donors (Lipinski definition) is 2. The molecule has 0 saturated heterocycles. The van der Waals surface area contributed by atoms with Crippen molar-refractivity contribution in [1.29, 1.82) is 0 Å². The Morgan fingerprint density at radius 1 is 1.06 bits per heavy atom. The monoisotopic (exact) mass is 469 g/mol. The maximum atomic E-state index is 13.4. The van der Waals surface area contributed by atoms with E-state index in [1.165, 1.54) is 0 Å². The summed E-state index contributed by atoms with van der Waals surface area (Å²) in [5, 5.41) is 13.9. The quantitative estimate of drug-likeness (QED) is 0.467. The van der Waals surface area contributed by atoms with Gasteiger partial charge in [0.25, 0.3) is 0 Å². The smallest absolute Gasteiger partial charge is 0.329 e. The number of rotatable bonds is 4. The first-order chi connectivity index (χ1) is 16.0. The minimum Gasteiger partial charge on any atom is -0.460 e. The van der Waals surface area contributed by atoms with E-state index in [2.05, 4.69) is 19.2 Å². The highest BCUT2D eigenvalue weighted by Crippen LogP contribution is 2.26. The van der Waals surface area contributed by atoms with Crippen molar-refractivity contribution in [2.75, 3.05) is 0 Å². The third kappa shape index (κ3) is 7.83. The lowest BCUT2D eigenvalue weighted by molar-refractivity contribution is -0.157. The molecule has 2 rings (SSSR count). The van der Waals surface area contributed by atoms with E-state index in [9.17, 15) is 14.7 Å². The van der Waals surface area contributed by atoms with Gasteiger partial charge in [0.15, 0.2) is 0 Å². The average Bonchev–Trinajstić information content (AvgIpc) is 2.80. The summed E-state index contributed by atoms with van der Waals surface area (Å²) in [6.45, 7) is 13.9. The molecule has 5 nitrogen and oxygen atoms in total. The van der Waals surface area contributed by atoms with E-state index < -0.39 is 18.1 Å². The van der Waals surface area contributed by atoms with E-state index in [1.807, 2.05) is 77.1 Å². The highest BCUT2D eigenvalue weighted by atomic mass is 16.5. The van der Waals surface area contributed by atoms with Gasteiger partial charge in [-0.2, -0.15) is 0 Å². The second kappa shape index (κ2) is 12.9. The van der Waals surface area contributed by atoms with Crippen molar-refractivity contribution in [2.24, 2.45) is 23.7 Å². The van der Waals surface area contributed by atoms with Gasteiger partial charge in [0.05, 0.1) is 6.10 Å². The first-order valence-electron chi connectivity index (χ1n) is 12.6. The lowest BCUT2D eigenvalue weighted by Gasteiger charge is -2.30. The minimum atomic E-state index is -0.764. The van der Waals surface area contributed by atoms with E-state index in [1.54, 1.807) is 0 Å². The molecule has 0 bridgehead atoms. The molecule has 188 valence electrons. The Morgan fingerprint density at radius 3 is 2.32 bits per heavy atom. The molecule has 1 aromatic carbocycles. The zero-order valence-corrected chi connectivity index (χ0v) is 21.9. The molecule has 0 radical (unpaired) electrons. The highest BCUT2D eigenvalue weighted by molar-refractivity contribution is 5.86. The SMILES string of the molecule is CCC(C)C1OC(=O)C(Cc2ccccc2)NC(=O)C(C)C/C(C)=C/C(C)C(O)/C(C)=C/C1C. The van der Waals surface area contributed by atoms with Gasteiger partial charge in [0.1, 0.15) is 12.1 Å². The molecule has 1 aliphatic rings. The van der Waals surface area contributed by atoms with Gasteiger partial charge in [-0.25, -0.2) is 4.79 Å². The lowest BCUT2D eigenvalue weighted by atomic mass is 9.87. The third-order valence-corrected chi connectivity index (χ3v) is 6.97. The van der Waals surface area contributed by atoms with Crippen LogP contribution in [0.3, 0.4) is 0 Å². The molecular weight excluding hydrogens is 426 g/mol. The summed E-state index contributed by atoms with van der Waals surface area (Å²) in [4.78, 5) is 26.5. The number of amides is 1.